The highest BCUT2D eigenvalue weighted by Gasteiger charge is 2.32. The molecule has 0 saturated heterocycles. The number of hydrogen-bond donors (Lipinski definition) is 1. The van der Waals surface area contributed by atoms with Crippen LogP contribution in [0.5, 0.6) is 5.75 Å². The van der Waals surface area contributed by atoms with Crippen LogP contribution in [0.15, 0.2) is 83.8 Å². The smallest absolute Gasteiger partial charge is 0.264 e. The lowest BCUT2D eigenvalue weighted by Crippen LogP contribution is -2.52. The lowest BCUT2D eigenvalue weighted by Gasteiger charge is -2.32. The summed E-state index contributed by atoms with van der Waals surface area (Å²) in [5.74, 6) is -0.240. The zero-order valence-electron chi connectivity index (χ0n) is 23.8. The molecule has 0 bridgehead atoms. The van der Waals surface area contributed by atoms with Crippen LogP contribution in [0.3, 0.4) is 0 Å². The van der Waals surface area contributed by atoms with E-state index >= 15 is 0 Å². The maximum Gasteiger partial charge on any atom is 0.264 e. The van der Waals surface area contributed by atoms with Crippen molar-refractivity contribution in [3.63, 3.8) is 0 Å². The van der Waals surface area contributed by atoms with Gasteiger partial charge in [0.15, 0.2) is 0 Å². The molecule has 8 nitrogen and oxygen atoms in total. The van der Waals surface area contributed by atoms with E-state index in [9.17, 15) is 18.0 Å². The van der Waals surface area contributed by atoms with Gasteiger partial charge in [0.2, 0.25) is 11.8 Å². The molecule has 1 N–H and O–H groups in total. The predicted molar refractivity (Wildman–Crippen MR) is 158 cm³/mol. The fourth-order valence-corrected chi connectivity index (χ4v) is 5.48. The second kappa shape index (κ2) is 14.0. The summed E-state index contributed by atoms with van der Waals surface area (Å²) < 4.78 is 34.3. The molecular formula is C31H39N3O5S. The van der Waals surface area contributed by atoms with Gasteiger partial charge in [0.25, 0.3) is 10.0 Å². The van der Waals surface area contributed by atoms with Crippen molar-refractivity contribution in [2.45, 2.75) is 64.6 Å². The highest BCUT2D eigenvalue weighted by molar-refractivity contribution is 7.92. The van der Waals surface area contributed by atoms with Crippen LogP contribution in [0, 0.1) is 6.92 Å². The number of carbonyl (C=O) groups is 2. The van der Waals surface area contributed by atoms with Crippen molar-refractivity contribution in [1.29, 1.82) is 0 Å². The van der Waals surface area contributed by atoms with Crippen LogP contribution in [-0.4, -0.2) is 50.4 Å². The summed E-state index contributed by atoms with van der Waals surface area (Å²) in [6.45, 7) is 9.48. The van der Waals surface area contributed by atoms with Crippen LogP contribution >= 0.6 is 0 Å². The van der Waals surface area contributed by atoms with Gasteiger partial charge >= 0.3 is 0 Å². The third-order valence-electron chi connectivity index (χ3n) is 6.69. The Bertz CT molecular complexity index is 1360. The molecule has 3 aromatic rings. The molecule has 0 heterocycles. The van der Waals surface area contributed by atoms with Crippen molar-refractivity contribution in [2.75, 3.05) is 17.5 Å². The van der Waals surface area contributed by atoms with E-state index in [1.807, 2.05) is 52.0 Å². The van der Waals surface area contributed by atoms with Gasteiger partial charge in [-0.1, -0.05) is 55.0 Å². The molecule has 0 saturated carbocycles. The molecule has 0 aliphatic rings. The van der Waals surface area contributed by atoms with Crippen LogP contribution in [0.4, 0.5) is 5.69 Å². The van der Waals surface area contributed by atoms with Crippen molar-refractivity contribution in [2.24, 2.45) is 0 Å². The first-order chi connectivity index (χ1) is 19.1. The summed E-state index contributed by atoms with van der Waals surface area (Å²) in [5, 5.41) is 2.94. The Kier molecular flexibility index (Phi) is 10.7. The molecule has 2 amide bonds. The average Bonchev–Trinajstić information content (AvgIpc) is 2.95. The Morgan fingerprint density at radius 1 is 0.900 bits per heavy atom. The summed E-state index contributed by atoms with van der Waals surface area (Å²) >= 11 is 0. The Hall–Kier alpha value is -3.85. The zero-order valence-corrected chi connectivity index (χ0v) is 24.6. The normalized spacial score (nSPS) is 12.7. The Morgan fingerprint density at radius 2 is 1.52 bits per heavy atom. The Labute approximate surface area is 238 Å². The molecule has 0 spiro atoms. The van der Waals surface area contributed by atoms with Crippen LogP contribution < -0.4 is 14.4 Å². The monoisotopic (exact) mass is 565 g/mol. The molecule has 3 rings (SSSR count). The van der Waals surface area contributed by atoms with Gasteiger partial charge in [-0.05, 0) is 76.1 Å². The molecular weight excluding hydrogens is 526 g/mol. The summed E-state index contributed by atoms with van der Waals surface area (Å²) in [6.07, 6.45) is 0.743. The maximum atomic E-state index is 13.9. The average molecular weight is 566 g/mol. The minimum atomic E-state index is -4.13. The number of para-hydroxylation sites is 1. The van der Waals surface area contributed by atoms with Gasteiger partial charge < -0.3 is 15.0 Å². The van der Waals surface area contributed by atoms with Gasteiger partial charge in [-0.15, -0.1) is 0 Å². The molecule has 214 valence electrons. The summed E-state index contributed by atoms with van der Waals surface area (Å²) in [4.78, 5) is 28.5. The van der Waals surface area contributed by atoms with E-state index in [2.05, 4.69) is 5.32 Å². The first-order valence-electron chi connectivity index (χ1n) is 13.5. The van der Waals surface area contributed by atoms with Crippen molar-refractivity contribution < 1.29 is 22.7 Å². The zero-order chi connectivity index (χ0) is 29.3. The minimum Gasteiger partial charge on any atom is -0.494 e. The Morgan fingerprint density at radius 3 is 2.10 bits per heavy atom. The molecule has 2 atom stereocenters. The SMILES string of the molecule is CCOc1ccc(S(=O)(=O)N(CC(=O)N(Cc2ccc(C)cc2)[C@@H](C)C(=O)N[C@H](C)CC)c2ccccc2)cc1. The first-order valence-corrected chi connectivity index (χ1v) is 15.0. The van der Waals surface area contributed by atoms with Crippen molar-refractivity contribution >= 4 is 27.5 Å². The van der Waals surface area contributed by atoms with Gasteiger partial charge in [0, 0.05) is 12.6 Å². The molecule has 0 aliphatic carbocycles. The molecule has 0 unspecified atom stereocenters. The van der Waals surface area contributed by atoms with Crippen molar-refractivity contribution in [1.82, 2.24) is 10.2 Å². The third-order valence-corrected chi connectivity index (χ3v) is 8.48. The van der Waals surface area contributed by atoms with E-state index in [0.29, 0.717) is 18.0 Å². The van der Waals surface area contributed by atoms with Crippen molar-refractivity contribution in [3.05, 3.63) is 90.0 Å². The molecule has 40 heavy (non-hydrogen) atoms. The number of carbonyl (C=O) groups excluding carboxylic acids is 2. The van der Waals surface area contributed by atoms with Crippen LogP contribution in [-0.2, 0) is 26.2 Å². The summed E-state index contributed by atoms with van der Waals surface area (Å²) in [5.41, 5.74) is 2.25. The van der Waals surface area contributed by atoms with E-state index < -0.39 is 28.5 Å². The first kappa shape index (κ1) is 30.7. The summed E-state index contributed by atoms with van der Waals surface area (Å²) in [6, 6.07) is 21.4. The van der Waals surface area contributed by atoms with Gasteiger partial charge in [0.05, 0.1) is 17.2 Å². The highest BCUT2D eigenvalue weighted by Crippen LogP contribution is 2.26. The third kappa shape index (κ3) is 7.85. The number of nitrogens with zero attached hydrogens (tertiary/aromatic N) is 2. The van der Waals surface area contributed by atoms with E-state index in [1.165, 1.54) is 17.0 Å². The second-order valence-corrected chi connectivity index (χ2v) is 11.6. The van der Waals surface area contributed by atoms with Gasteiger partial charge in [0.1, 0.15) is 18.3 Å². The van der Waals surface area contributed by atoms with Crippen molar-refractivity contribution in [3.8, 4) is 5.75 Å². The quantitative estimate of drug-likeness (QED) is 0.317. The van der Waals surface area contributed by atoms with Gasteiger partial charge in [-0.2, -0.15) is 0 Å². The van der Waals surface area contributed by atoms with Crippen LogP contribution in [0.1, 0.15) is 45.2 Å². The minimum absolute atomic E-state index is 0.0280. The number of amides is 2. The maximum absolute atomic E-state index is 13.9. The number of ether oxygens (including phenoxy) is 1. The molecule has 0 radical (unpaired) electrons. The van der Waals surface area contributed by atoms with E-state index in [4.69, 9.17) is 4.74 Å². The molecule has 0 fully saturated rings. The fourth-order valence-electron chi connectivity index (χ4n) is 4.06. The lowest BCUT2D eigenvalue weighted by molar-refractivity contribution is -0.139. The molecule has 0 aliphatic heterocycles. The fraction of sp³-hybridized carbons (Fsp3) is 0.355. The standard InChI is InChI=1S/C31H39N3O5S/c1-6-24(4)32-31(36)25(5)33(21-26-15-13-23(3)14-16-26)30(35)22-34(27-11-9-8-10-12-27)40(37,38)29-19-17-28(18-20-29)39-7-2/h8-20,24-25H,6-7,21-22H2,1-5H3,(H,32,36)/t24-,25+/m1/s1. The number of benzene rings is 3. The molecule has 3 aromatic carbocycles. The lowest BCUT2D eigenvalue weighted by atomic mass is 10.1. The highest BCUT2D eigenvalue weighted by atomic mass is 32.2. The van der Waals surface area contributed by atoms with Crippen LogP contribution in [0.2, 0.25) is 0 Å². The second-order valence-electron chi connectivity index (χ2n) is 9.75. The number of aryl methyl sites for hydroxylation is 1. The number of nitrogens with one attached hydrogen (secondary N) is 1. The van der Waals surface area contributed by atoms with Crippen LogP contribution in [0.25, 0.3) is 0 Å². The number of sulfonamides is 1. The number of anilines is 1. The van der Waals surface area contributed by atoms with E-state index in [1.54, 1.807) is 49.4 Å². The van der Waals surface area contributed by atoms with Gasteiger partial charge in [-0.25, -0.2) is 8.42 Å². The Balaban J connectivity index is 1.98. The topological polar surface area (TPSA) is 96.0 Å². The van der Waals surface area contributed by atoms with E-state index in [0.717, 1.165) is 21.9 Å². The predicted octanol–water partition coefficient (Wildman–Crippen LogP) is 4.92. The molecule has 0 aromatic heterocycles. The van der Waals surface area contributed by atoms with Gasteiger partial charge in [-0.3, -0.25) is 13.9 Å². The number of hydrogen-bond acceptors (Lipinski definition) is 5. The van der Waals surface area contributed by atoms with E-state index in [-0.39, 0.29) is 23.4 Å². The summed E-state index contributed by atoms with van der Waals surface area (Å²) in [7, 11) is -4.13. The largest absolute Gasteiger partial charge is 0.494 e. The number of rotatable bonds is 13. The molecule has 9 heteroatoms.